The van der Waals surface area contributed by atoms with Crippen LogP contribution in [0.3, 0.4) is 0 Å². The van der Waals surface area contributed by atoms with E-state index in [4.69, 9.17) is 4.74 Å². The molecule has 9 nitrogen and oxygen atoms in total. The van der Waals surface area contributed by atoms with Crippen LogP contribution >= 0.6 is 0 Å². The number of nitrogens with zero attached hydrogens (tertiary/aromatic N) is 7. The summed E-state index contributed by atoms with van der Waals surface area (Å²) in [6.07, 6.45) is 6.50. The van der Waals surface area contributed by atoms with Crippen LogP contribution in [0.2, 0.25) is 0 Å². The fraction of sp³-hybridized carbons (Fsp3) is 0.562. The smallest absolute Gasteiger partial charge is 0.227 e. The molecule has 2 saturated heterocycles. The van der Waals surface area contributed by atoms with Crippen LogP contribution in [0.25, 0.3) is 5.82 Å². The van der Waals surface area contributed by atoms with E-state index in [2.05, 4.69) is 25.0 Å². The topological polar surface area (TPSA) is 89.3 Å². The minimum absolute atomic E-state index is 0.0108. The molecule has 0 bridgehead atoms. The van der Waals surface area contributed by atoms with Gasteiger partial charge in [-0.25, -0.2) is 19.6 Å². The highest BCUT2D eigenvalue weighted by Gasteiger charge is 2.30. The third-order valence-corrected chi connectivity index (χ3v) is 4.71. The molecule has 132 valence electrons. The molecule has 2 aliphatic heterocycles. The molecule has 0 radical (unpaired) electrons. The number of ether oxygens (including phenoxy) is 1. The Labute approximate surface area is 145 Å². The van der Waals surface area contributed by atoms with E-state index in [1.54, 1.807) is 11.0 Å². The van der Waals surface area contributed by atoms with Gasteiger partial charge in [-0.15, -0.1) is 0 Å². The molecule has 1 atom stereocenters. The first-order valence-corrected chi connectivity index (χ1v) is 8.60. The van der Waals surface area contributed by atoms with Crippen molar-refractivity contribution in [2.24, 2.45) is 5.92 Å². The summed E-state index contributed by atoms with van der Waals surface area (Å²) in [5, 5.41) is 4.10. The Bertz CT molecular complexity index is 715. The molecule has 2 fully saturated rings. The summed E-state index contributed by atoms with van der Waals surface area (Å²) < 4.78 is 6.94. The largest absolute Gasteiger partial charge is 0.378 e. The highest BCUT2D eigenvalue weighted by atomic mass is 16.5. The molecule has 2 aromatic heterocycles. The first-order chi connectivity index (χ1) is 12.3. The summed E-state index contributed by atoms with van der Waals surface area (Å²) in [6, 6.07) is 1.89. The first-order valence-electron chi connectivity index (χ1n) is 8.60. The average Bonchev–Trinajstić information content (AvgIpc) is 3.23. The predicted molar refractivity (Wildman–Crippen MR) is 89.3 cm³/mol. The van der Waals surface area contributed by atoms with Crippen LogP contribution in [0, 0.1) is 5.92 Å². The van der Waals surface area contributed by atoms with Crippen molar-refractivity contribution in [1.82, 2.24) is 29.6 Å². The average molecular weight is 343 g/mol. The third kappa shape index (κ3) is 3.46. The number of aromatic nitrogens is 5. The molecule has 25 heavy (non-hydrogen) atoms. The van der Waals surface area contributed by atoms with Crippen LogP contribution in [0.5, 0.6) is 0 Å². The monoisotopic (exact) mass is 343 g/mol. The molecule has 4 heterocycles. The maximum Gasteiger partial charge on any atom is 0.227 e. The van der Waals surface area contributed by atoms with E-state index >= 15 is 0 Å². The maximum atomic E-state index is 12.8. The maximum absolute atomic E-state index is 12.8. The number of hydrogen-bond donors (Lipinski definition) is 0. The predicted octanol–water partition coefficient (Wildman–Crippen LogP) is 0.133. The van der Waals surface area contributed by atoms with Gasteiger partial charge in [0.1, 0.15) is 24.8 Å². The zero-order chi connectivity index (χ0) is 17.1. The minimum atomic E-state index is 0.0108. The Morgan fingerprint density at radius 1 is 1.12 bits per heavy atom. The van der Waals surface area contributed by atoms with E-state index in [0.29, 0.717) is 38.7 Å². The zero-order valence-electron chi connectivity index (χ0n) is 14.0. The van der Waals surface area contributed by atoms with Gasteiger partial charge in [0.2, 0.25) is 5.91 Å². The second-order valence-corrected chi connectivity index (χ2v) is 6.30. The molecule has 0 aromatic carbocycles. The van der Waals surface area contributed by atoms with E-state index in [1.165, 1.54) is 12.7 Å². The van der Waals surface area contributed by atoms with E-state index in [0.717, 1.165) is 25.2 Å². The Morgan fingerprint density at radius 2 is 1.96 bits per heavy atom. The quantitative estimate of drug-likeness (QED) is 0.783. The fourth-order valence-corrected chi connectivity index (χ4v) is 3.39. The van der Waals surface area contributed by atoms with Gasteiger partial charge in [0.05, 0.1) is 19.1 Å². The van der Waals surface area contributed by atoms with Crippen molar-refractivity contribution in [3.05, 3.63) is 25.0 Å². The van der Waals surface area contributed by atoms with Crippen molar-refractivity contribution in [1.29, 1.82) is 0 Å². The number of amides is 1. The molecular weight excluding hydrogens is 322 g/mol. The van der Waals surface area contributed by atoms with Gasteiger partial charge in [0.25, 0.3) is 0 Å². The Balaban J connectivity index is 1.47. The molecule has 0 N–H and O–H groups in total. The van der Waals surface area contributed by atoms with E-state index in [1.807, 2.05) is 11.0 Å². The Kier molecular flexibility index (Phi) is 4.55. The molecule has 2 aliphatic rings. The fourth-order valence-electron chi connectivity index (χ4n) is 3.39. The third-order valence-electron chi connectivity index (χ3n) is 4.71. The van der Waals surface area contributed by atoms with E-state index in [9.17, 15) is 4.79 Å². The lowest BCUT2D eigenvalue weighted by molar-refractivity contribution is -0.139. The molecule has 0 unspecified atom stereocenters. The standard InChI is InChI=1S/C16H21N7O2/c24-16(21-4-6-25-7-5-21)13-2-1-3-22(9-13)14-8-15(19-11-18-14)23-12-17-10-20-23/h8,10-13H,1-7,9H2/t13-/m0/s1. The lowest BCUT2D eigenvalue weighted by Gasteiger charge is -2.36. The first kappa shape index (κ1) is 15.9. The second kappa shape index (κ2) is 7.14. The number of morpholine rings is 1. The normalized spacial score (nSPS) is 21.4. The van der Waals surface area contributed by atoms with Gasteiger partial charge in [0, 0.05) is 32.2 Å². The van der Waals surface area contributed by atoms with E-state index in [-0.39, 0.29) is 11.8 Å². The van der Waals surface area contributed by atoms with Crippen LogP contribution in [-0.4, -0.2) is 74.9 Å². The van der Waals surface area contributed by atoms with Crippen LogP contribution < -0.4 is 4.90 Å². The number of rotatable bonds is 3. The SMILES string of the molecule is O=C([C@H]1CCCN(c2cc(-n3cncn3)ncn2)C1)N1CCOCC1. The number of hydrogen-bond acceptors (Lipinski definition) is 7. The van der Waals surface area contributed by atoms with Gasteiger partial charge < -0.3 is 14.5 Å². The van der Waals surface area contributed by atoms with Crippen molar-refractivity contribution in [3.63, 3.8) is 0 Å². The molecular formula is C16H21N7O2. The second-order valence-electron chi connectivity index (χ2n) is 6.30. The highest BCUT2D eigenvalue weighted by Crippen LogP contribution is 2.24. The van der Waals surface area contributed by atoms with Crippen molar-refractivity contribution < 1.29 is 9.53 Å². The van der Waals surface area contributed by atoms with Crippen LogP contribution in [0.1, 0.15) is 12.8 Å². The Morgan fingerprint density at radius 3 is 2.76 bits per heavy atom. The molecule has 0 aliphatic carbocycles. The van der Waals surface area contributed by atoms with Crippen LogP contribution in [0.4, 0.5) is 5.82 Å². The number of carbonyl (C=O) groups excluding carboxylic acids is 1. The van der Waals surface area contributed by atoms with Crippen molar-refractivity contribution in [2.75, 3.05) is 44.3 Å². The minimum Gasteiger partial charge on any atom is -0.378 e. The lowest BCUT2D eigenvalue weighted by Crippen LogP contribution is -2.48. The summed E-state index contributed by atoms with van der Waals surface area (Å²) >= 11 is 0. The van der Waals surface area contributed by atoms with Gasteiger partial charge in [0.15, 0.2) is 5.82 Å². The summed E-state index contributed by atoms with van der Waals surface area (Å²) in [6.45, 7) is 4.23. The molecule has 0 saturated carbocycles. The molecule has 9 heteroatoms. The summed E-state index contributed by atoms with van der Waals surface area (Å²) in [5.41, 5.74) is 0. The number of anilines is 1. The Hall–Kier alpha value is -2.55. The van der Waals surface area contributed by atoms with Crippen molar-refractivity contribution in [2.45, 2.75) is 12.8 Å². The number of carbonyl (C=O) groups is 1. The molecule has 1 amide bonds. The van der Waals surface area contributed by atoms with Crippen molar-refractivity contribution in [3.8, 4) is 5.82 Å². The van der Waals surface area contributed by atoms with Crippen LogP contribution in [0.15, 0.2) is 25.0 Å². The van der Waals surface area contributed by atoms with Gasteiger partial charge >= 0.3 is 0 Å². The number of piperidine rings is 1. The highest BCUT2D eigenvalue weighted by molar-refractivity contribution is 5.79. The van der Waals surface area contributed by atoms with E-state index < -0.39 is 0 Å². The summed E-state index contributed by atoms with van der Waals surface area (Å²) in [7, 11) is 0. The van der Waals surface area contributed by atoms with Crippen molar-refractivity contribution >= 4 is 11.7 Å². The lowest BCUT2D eigenvalue weighted by atomic mass is 9.96. The summed E-state index contributed by atoms with van der Waals surface area (Å²) in [5.74, 6) is 1.74. The zero-order valence-corrected chi connectivity index (χ0v) is 14.0. The van der Waals surface area contributed by atoms with Gasteiger partial charge in [-0.05, 0) is 12.8 Å². The van der Waals surface area contributed by atoms with Gasteiger partial charge in [-0.3, -0.25) is 4.79 Å². The molecule has 2 aromatic rings. The molecule has 4 rings (SSSR count). The molecule has 0 spiro atoms. The van der Waals surface area contributed by atoms with Gasteiger partial charge in [-0.2, -0.15) is 5.10 Å². The summed E-state index contributed by atoms with van der Waals surface area (Å²) in [4.78, 5) is 29.4. The van der Waals surface area contributed by atoms with Crippen LogP contribution in [-0.2, 0) is 9.53 Å². The van der Waals surface area contributed by atoms with Gasteiger partial charge in [-0.1, -0.05) is 0 Å².